The molecule has 4 N–H and O–H groups in total. The van der Waals surface area contributed by atoms with Gasteiger partial charge >= 0.3 is 11.9 Å². The largest absolute Gasteiger partial charge is 0.462 e. The molecule has 10 heteroatoms. The van der Waals surface area contributed by atoms with Crippen LogP contribution in [0.25, 0.3) is 0 Å². The van der Waals surface area contributed by atoms with Gasteiger partial charge in [0.2, 0.25) is 0 Å². The van der Waals surface area contributed by atoms with E-state index >= 15 is 0 Å². The maximum atomic E-state index is 12.5. The predicted octanol–water partition coefficient (Wildman–Crippen LogP) is 3.93. The Balaban J connectivity index is 2.36. The van der Waals surface area contributed by atoms with Crippen molar-refractivity contribution >= 4 is 11.9 Å². The Morgan fingerprint density at radius 3 is 1.75 bits per heavy atom. The van der Waals surface area contributed by atoms with Gasteiger partial charge in [-0.1, -0.05) is 97.3 Å². The first-order valence-corrected chi connectivity index (χ1v) is 15.6. The molecule has 0 saturated carbocycles. The molecule has 0 unspecified atom stereocenters. The minimum Gasteiger partial charge on any atom is -0.462 e. The lowest BCUT2D eigenvalue weighted by Crippen LogP contribution is -2.59. The summed E-state index contributed by atoms with van der Waals surface area (Å²) in [6.45, 7) is 3.12. The van der Waals surface area contributed by atoms with Gasteiger partial charge in [-0.05, 0) is 12.8 Å². The summed E-state index contributed by atoms with van der Waals surface area (Å²) < 4.78 is 21.6. The quantitative estimate of drug-likeness (QED) is 0.0982. The Hall–Kier alpha value is -1.30. The highest BCUT2D eigenvalue weighted by Gasteiger charge is 2.44. The molecule has 1 aliphatic heterocycles. The van der Waals surface area contributed by atoms with Crippen molar-refractivity contribution in [1.29, 1.82) is 0 Å². The number of ether oxygens (including phenoxy) is 4. The lowest BCUT2D eigenvalue weighted by Gasteiger charge is -2.39. The third-order valence-corrected chi connectivity index (χ3v) is 7.24. The average molecular weight is 577 g/mol. The van der Waals surface area contributed by atoms with Crippen LogP contribution in [-0.2, 0) is 28.5 Å². The number of esters is 2. The molecular formula is C30H56O10. The number of aliphatic hydroxyl groups excluding tert-OH is 4. The average Bonchev–Trinajstić information content (AvgIpc) is 2.95. The van der Waals surface area contributed by atoms with Gasteiger partial charge < -0.3 is 39.4 Å². The summed E-state index contributed by atoms with van der Waals surface area (Å²) in [6, 6.07) is 0. The number of rotatable bonds is 24. The van der Waals surface area contributed by atoms with E-state index in [2.05, 4.69) is 6.92 Å². The molecule has 0 radical (unpaired) electrons. The molecule has 1 saturated heterocycles. The molecule has 0 aromatic heterocycles. The number of carbonyl (C=O) groups is 2. The van der Waals surface area contributed by atoms with E-state index in [9.17, 15) is 30.0 Å². The van der Waals surface area contributed by atoms with Gasteiger partial charge in [-0.25, -0.2) is 0 Å². The fourth-order valence-electron chi connectivity index (χ4n) is 4.63. The maximum absolute atomic E-state index is 12.5. The van der Waals surface area contributed by atoms with Gasteiger partial charge in [-0.2, -0.15) is 0 Å². The van der Waals surface area contributed by atoms with E-state index in [1.54, 1.807) is 0 Å². The molecular weight excluding hydrogens is 520 g/mol. The zero-order valence-corrected chi connectivity index (χ0v) is 24.8. The molecule has 236 valence electrons. The molecule has 6 atom stereocenters. The molecule has 0 spiro atoms. The molecule has 1 rings (SSSR count). The van der Waals surface area contributed by atoms with Crippen molar-refractivity contribution < 1.29 is 49.0 Å². The first-order chi connectivity index (χ1) is 19.3. The van der Waals surface area contributed by atoms with Crippen molar-refractivity contribution in [1.82, 2.24) is 0 Å². The standard InChI is InChI=1S/C30H56O10/c1-3-5-7-8-9-10-11-12-13-14-15-16-17-19-26(33)39-23(21-37-25(32)18-6-4-2)22-38-30-29(36)28(35)27(34)24(20-31)40-30/h23-24,27-31,34-36H,3-22H2,1-2H3/t23-,24-,27+,28+,29-,30-/m1/s1. The third kappa shape index (κ3) is 16.2. The van der Waals surface area contributed by atoms with Crippen LogP contribution in [0.4, 0.5) is 0 Å². The van der Waals surface area contributed by atoms with Crippen molar-refractivity contribution in [2.45, 2.75) is 160 Å². The smallest absolute Gasteiger partial charge is 0.306 e. The predicted molar refractivity (Wildman–Crippen MR) is 150 cm³/mol. The Bertz CT molecular complexity index is 644. The van der Waals surface area contributed by atoms with Crippen molar-refractivity contribution in [3.63, 3.8) is 0 Å². The summed E-state index contributed by atoms with van der Waals surface area (Å²) in [5.41, 5.74) is 0. The number of carbonyl (C=O) groups excluding carboxylic acids is 2. The fourth-order valence-corrected chi connectivity index (χ4v) is 4.63. The van der Waals surface area contributed by atoms with Crippen molar-refractivity contribution in [3.05, 3.63) is 0 Å². The highest BCUT2D eigenvalue weighted by molar-refractivity contribution is 5.70. The van der Waals surface area contributed by atoms with E-state index in [0.29, 0.717) is 12.8 Å². The maximum Gasteiger partial charge on any atom is 0.306 e. The normalized spacial score (nSPS) is 23.6. The molecule has 0 aromatic carbocycles. The van der Waals surface area contributed by atoms with Crippen LogP contribution >= 0.6 is 0 Å². The van der Waals surface area contributed by atoms with E-state index in [1.807, 2.05) is 6.92 Å². The second-order valence-corrected chi connectivity index (χ2v) is 10.9. The second-order valence-electron chi connectivity index (χ2n) is 10.9. The number of hydrogen-bond acceptors (Lipinski definition) is 10. The van der Waals surface area contributed by atoms with Gasteiger partial charge in [0.15, 0.2) is 12.4 Å². The van der Waals surface area contributed by atoms with Crippen molar-refractivity contribution in [3.8, 4) is 0 Å². The van der Waals surface area contributed by atoms with Gasteiger partial charge in [-0.3, -0.25) is 9.59 Å². The van der Waals surface area contributed by atoms with Crippen LogP contribution in [0.5, 0.6) is 0 Å². The Morgan fingerprint density at radius 2 is 1.20 bits per heavy atom. The van der Waals surface area contributed by atoms with Gasteiger partial charge in [-0.15, -0.1) is 0 Å². The molecule has 40 heavy (non-hydrogen) atoms. The van der Waals surface area contributed by atoms with E-state index in [1.165, 1.54) is 57.8 Å². The fraction of sp³-hybridized carbons (Fsp3) is 0.933. The highest BCUT2D eigenvalue weighted by atomic mass is 16.7. The van der Waals surface area contributed by atoms with Crippen molar-refractivity contribution in [2.24, 2.45) is 0 Å². The summed E-state index contributed by atoms with van der Waals surface area (Å²) in [5.74, 6) is -0.845. The second kappa shape index (κ2) is 23.3. The number of aliphatic hydroxyl groups is 4. The van der Waals surface area contributed by atoms with Gasteiger partial charge in [0.1, 0.15) is 31.0 Å². The lowest BCUT2D eigenvalue weighted by atomic mass is 9.99. The van der Waals surface area contributed by atoms with E-state index < -0.39 is 55.4 Å². The summed E-state index contributed by atoms with van der Waals surface area (Å²) in [6.07, 6.45) is 9.58. The summed E-state index contributed by atoms with van der Waals surface area (Å²) in [4.78, 5) is 24.4. The monoisotopic (exact) mass is 576 g/mol. The minimum absolute atomic E-state index is 0.218. The van der Waals surface area contributed by atoms with Gasteiger partial charge in [0.05, 0.1) is 13.2 Å². The van der Waals surface area contributed by atoms with E-state index in [-0.39, 0.29) is 26.1 Å². The van der Waals surface area contributed by atoms with Crippen LogP contribution in [-0.4, -0.2) is 89.0 Å². The van der Waals surface area contributed by atoms with Crippen LogP contribution < -0.4 is 0 Å². The molecule has 1 fully saturated rings. The minimum atomic E-state index is -1.58. The molecule has 0 aliphatic carbocycles. The zero-order chi connectivity index (χ0) is 29.6. The Kier molecular flexibility index (Phi) is 21.4. The van der Waals surface area contributed by atoms with Crippen LogP contribution in [0, 0.1) is 0 Å². The van der Waals surface area contributed by atoms with Gasteiger partial charge in [0.25, 0.3) is 0 Å². The molecule has 1 aliphatic rings. The number of unbranched alkanes of at least 4 members (excludes halogenated alkanes) is 13. The van der Waals surface area contributed by atoms with Gasteiger partial charge in [0, 0.05) is 12.8 Å². The SMILES string of the molecule is CCCCCCCCCCCCCCCC(=O)O[C@H](COC(=O)CCCC)CO[C@@H]1O[C@H](CO)[C@H](O)[C@H](O)[C@H]1O. The molecule has 10 nitrogen and oxygen atoms in total. The topological polar surface area (TPSA) is 152 Å². The van der Waals surface area contributed by atoms with Crippen LogP contribution in [0.2, 0.25) is 0 Å². The molecule has 0 bridgehead atoms. The number of hydrogen-bond donors (Lipinski definition) is 4. The summed E-state index contributed by atoms with van der Waals surface area (Å²) >= 11 is 0. The molecule has 1 heterocycles. The first-order valence-electron chi connectivity index (χ1n) is 15.6. The lowest BCUT2D eigenvalue weighted by molar-refractivity contribution is -0.305. The third-order valence-electron chi connectivity index (χ3n) is 7.24. The summed E-state index contributed by atoms with van der Waals surface area (Å²) in [7, 11) is 0. The van der Waals surface area contributed by atoms with Crippen LogP contribution in [0.1, 0.15) is 123 Å². The highest BCUT2D eigenvalue weighted by Crippen LogP contribution is 2.22. The van der Waals surface area contributed by atoms with Crippen LogP contribution in [0.15, 0.2) is 0 Å². The van der Waals surface area contributed by atoms with E-state index in [4.69, 9.17) is 18.9 Å². The van der Waals surface area contributed by atoms with Crippen LogP contribution in [0.3, 0.4) is 0 Å². The van der Waals surface area contributed by atoms with Crippen molar-refractivity contribution in [2.75, 3.05) is 19.8 Å². The zero-order valence-electron chi connectivity index (χ0n) is 24.8. The molecule has 0 amide bonds. The first kappa shape index (κ1) is 36.7. The Labute approximate surface area is 240 Å². The Morgan fingerprint density at radius 1 is 0.675 bits per heavy atom. The molecule has 0 aromatic rings. The summed E-state index contributed by atoms with van der Waals surface area (Å²) in [5, 5.41) is 39.4. The van der Waals surface area contributed by atoms with E-state index in [0.717, 1.165) is 25.7 Å².